The number of piperazine rings is 1. The van der Waals surface area contributed by atoms with Crippen LogP contribution < -0.4 is 0 Å². The maximum atomic E-state index is 13.4. The van der Waals surface area contributed by atoms with Crippen LogP contribution in [0.25, 0.3) is 10.9 Å². The Balaban J connectivity index is 1.04. The zero-order valence-electron chi connectivity index (χ0n) is 19.6. The molecule has 8 heteroatoms. The number of likely N-dealkylation sites (tertiary alicyclic amines) is 1. The minimum Gasteiger partial charge on any atom is -0.361 e. The van der Waals surface area contributed by atoms with Crippen LogP contribution in [0.5, 0.6) is 0 Å². The Labute approximate surface area is 199 Å². The number of fused-ring (bicyclic) bond motifs is 5. The van der Waals surface area contributed by atoms with E-state index in [4.69, 9.17) is 0 Å². The average Bonchev–Trinajstić information content (AvgIpc) is 3.27. The molecule has 4 saturated heterocycles. The van der Waals surface area contributed by atoms with E-state index in [9.17, 15) is 14.4 Å². The molecule has 1 aromatic carbocycles. The fourth-order valence-electron chi connectivity index (χ4n) is 6.67. The molecular formula is C26H33N5O3. The summed E-state index contributed by atoms with van der Waals surface area (Å²) in [5.74, 6) is 1.21. The van der Waals surface area contributed by atoms with E-state index in [1.54, 1.807) is 0 Å². The molecule has 4 amide bonds. The van der Waals surface area contributed by atoms with Crippen LogP contribution >= 0.6 is 0 Å². The first-order valence-electron chi connectivity index (χ1n) is 12.7. The topological polar surface area (TPSA) is 80.0 Å². The second kappa shape index (κ2) is 8.64. The monoisotopic (exact) mass is 463 g/mol. The number of rotatable bonds is 2. The molecule has 0 radical (unpaired) electrons. The van der Waals surface area contributed by atoms with Crippen molar-refractivity contribution in [2.45, 2.75) is 38.1 Å². The number of hydrogen-bond acceptors (Lipinski definition) is 3. The fraction of sp³-hybridized carbons (Fsp3) is 0.577. The number of nitrogens with one attached hydrogen (secondary N) is 1. The first-order chi connectivity index (χ1) is 16.6. The van der Waals surface area contributed by atoms with Gasteiger partial charge < -0.3 is 24.6 Å². The third-order valence-electron chi connectivity index (χ3n) is 8.37. The number of amides is 4. The van der Waals surface area contributed by atoms with E-state index >= 15 is 0 Å². The molecule has 0 saturated carbocycles. The van der Waals surface area contributed by atoms with Crippen LogP contribution in [0.4, 0.5) is 4.79 Å². The molecule has 6 rings (SSSR count). The maximum absolute atomic E-state index is 13.4. The Morgan fingerprint density at radius 2 is 1.76 bits per heavy atom. The van der Waals surface area contributed by atoms with Gasteiger partial charge in [-0.3, -0.25) is 9.59 Å². The highest BCUT2D eigenvalue weighted by Gasteiger charge is 2.45. The summed E-state index contributed by atoms with van der Waals surface area (Å²) in [5.41, 5.74) is 2.07. The summed E-state index contributed by atoms with van der Waals surface area (Å²) in [6.07, 6.45) is 6.17. The van der Waals surface area contributed by atoms with Gasteiger partial charge in [0.1, 0.15) is 0 Å². The number of H-pyrrole nitrogens is 1. The Kier molecular flexibility index (Phi) is 5.46. The van der Waals surface area contributed by atoms with Gasteiger partial charge in [0.05, 0.1) is 6.42 Å². The minimum atomic E-state index is 0.106. The van der Waals surface area contributed by atoms with Crippen LogP contribution in [-0.4, -0.2) is 94.3 Å². The Bertz CT molecular complexity index is 1100. The lowest BCUT2D eigenvalue weighted by atomic mass is 9.76. The number of benzene rings is 1. The molecule has 8 nitrogen and oxygen atoms in total. The summed E-state index contributed by atoms with van der Waals surface area (Å²) in [6.45, 7) is 4.63. The minimum absolute atomic E-state index is 0.106. The van der Waals surface area contributed by atoms with Crippen molar-refractivity contribution < 1.29 is 14.4 Å². The van der Waals surface area contributed by atoms with E-state index in [1.807, 2.05) is 45.2 Å². The van der Waals surface area contributed by atoms with Gasteiger partial charge in [-0.25, -0.2) is 4.79 Å². The smallest absolute Gasteiger partial charge is 0.320 e. The van der Waals surface area contributed by atoms with Gasteiger partial charge in [0, 0.05) is 75.4 Å². The van der Waals surface area contributed by atoms with Crippen molar-refractivity contribution in [3.8, 4) is 0 Å². The van der Waals surface area contributed by atoms with E-state index in [0.29, 0.717) is 62.8 Å². The van der Waals surface area contributed by atoms with Crippen molar-refractivity contribution >= 4 is 28.7 Å². The molecule has 2 bridgehead atoms. The number of urea groups is 1. The number of carbonyl (C=O) groups is 3. The van der Waals surface area contributed by atoms with Crippen LogP contribution in [-0.2, 0) is 16.0 Å². The van der Waals surface area contributed by atoms with Gasteiger partial charge in [0.2, 0.25) is 11.8 Å². The second-order valence-corrected chi connectivity index (χ2v) is 10.5. The van der Waals surface area contributed by atoms with Crippen molar-refractivity contribution in [2.75, 3.05) is 45.8 Å². The van der Waals surface area contributed by atoms with Crippen LogP contribution in [0.2, 0.25) is 0 Å². The molecule has 180 valence electrons. The van der Waals surface area contributed by atoms with E-state index < -0.39 is 0 Å². The van der Waals surface area contributed by atoms with Gasteiger partial charge in [-0.05, 0) is 42.7 Å². The van der Waals surface area contributed by atoms with Crippen LogP contribution in [0.15, 0.2) is 30.5 Å². The van der Waals surface area contributed by atoms with E-state index in [-0.39, 0.29) is 11.9 Å². The predicted molar refractivity (Wildman–Crippen MR) is 128 cm³/mol. The average molecular weight is 464 g/mol. The zero-order chi connectivity index (χ0) is 23.2. The van der Waals surface area contributed by atoms with Gasteiger partial charge in [0.25, 0.3) is 0 Å². The largest absolute Gasteiger partial charge is 0.361 e. The summed E-state index contributed by atoms with van der Waals surface area (Å²) < 4.78 is 0. The summed E-state index contributed by atoms with van der Waals surface area (Å²) in [6, 6.07) is 8.46. The quantitative estimate of drug-likeness (QED) is 0.742. The summed E-state index contributed by atoms with van der Waals surface area (Å²) in [4.78, 5) is 49.9. The molecule has 0 spiro atoms. The number of nitrogens with zero attached hydrogens (tertiary/aromatic N) is 4. The van der Waals surface area contributed by atoms with Crippen molar-refractivity contribution in [3.63, 3.8) is 0 Å². The van der Waals surface area contributed by atoms with Gasteiger partial charge >= 0.3 is 6.03 Å². The third-order valence-corrected chi connectivity index (χ3v) is 8.37. The summed E-state index contributed by atoms with van der Waals surface area (Å²) in [5, 5.41) is 1.10. The molecule has 34 heavy (non-hydrogen) atoms. The molecule has 1 aromatic heterocycles. The van der Waals surface area contributed by atoms with Gasteiger partial charge in [0.15, 0.2) is 0 Å². The molecule has 4 fully saturated rings. The molecular weight excluding hydrogens is 430 g/mol. The number of aromatic amines is 1. The zero-order valence-corrected chi connectivity index (χ0v) is 19.6. The van der Waals surface area contributed by atoms with Crippen LogP contribution in [0.3, 0.4) is 0 Å². The molecule has 0 unspecified atom stereocenters. The first kappa shape index (κ1) is 21.5. The molecule has 4 aliphatic rings. The van der Waals surface area contributed by atoms with Crippen molar-refractivity contribution in [3.05, 3.63) is 36.0 Å². The Morgan fingerprint density at radius 1 is 0.971 bits per heavy atom. The van der Waals surface area contributed by atoms with Crippen molar-refractivity contribution in [1.82, 2.24) is 24.6 Å². The molecule has 5 heterocycles. The molecule has 2 aromatic rings. The third kappa shape index (κ3) is 3.83. The lowest BCUT2D eigenvalue weighted by Gasteiger charge is -2.53. The molecule has 0 aliphatic carbocycles. The van der Waals surface area contributed by atoms with Gasteiger partial charge in [-0.2, -0.15) is 0 Å². The predicted octanol–water partition coefficient (Wildman–Crippen LogP) is 2.31. The van der Waals surface area contributed by atoms with Crippen LogP contribution in [0, 0.1) is 11.8 Å². The lowest BCUT2D eigenvalue weighted by molar-refractivity contribution is -0.144. The van der Waals surface area contributed by atoms with Crippen molar-refractivity contribution in [1.29, 1.82) is 0 Å². The highest BCUT2D eigenvalue weighted by molar-refractivity contribution is 5.89. The summed E-state index contributed by atoms with van der Waals surface area (Å²) >= 11 is 0. The summed E-state index contributed by atoms with van der Waals surface area (Å²) in [7, 11) is 0. The number of para-hydroxylation sites is 1. The highest BCUT2D eigenvalue weighted by Crippen LogP contribution is 2.38. The van der Waals surface area contributed by atoms with Gasteiger partial charge in [-0.15, -0.1) is 0 Å². The molecule has 1 N–H and O–H groups in total. The Morgan fingerprint density at radius 3 is 2.62 bits per heavy atom. The number of piperidine rings is 3. The number of aromatic nitrogens is 1. The standard InChI is InChI=1S/C26H33N5O3/c32-24-7-3-6-23-20-12-18(16-31(23)24)15-30(17-20)26(34)29-10-8-28(9-11-29)25(33)13-19-14-27-22-5-2-1-4-21(19)22/h1-2,4-5,14,18,20,23,27H,3,6-13,15-17H2/t18-,20-,23-/m1/s1. The number of carbonyl (C=O) groups excluding carboxylic acids is 3. The second-order valence-electron chi connectivity index (χ2n) is 10.5. The fourth-order valence-corrected chi connectivity index (χ4v) is 6.67. The van der Waals surface area contributed by atoms with E-state index in [0.717, 1.165) is 55.4 Å². The normalized spacial score (nSPS) is 27.2. The first-order valence-corrected chi connectivity index (χ1v) is 12.7. The SMILES string of the molecule is O=C(Cc1c[nH]c2ccccc12)N1CCN(C(=O)N2C[C@H]3C[C@H](C2)[C@H]2CCCC(=O)N2C3)CC1. The Hall–Kier alpha value is -3.03. The van der Waals surface area contributed by atoms with Crippen molar-refractivity contribution in [2.24, 2.45) is 11.8 Å². The molecule has 4 aliphatic heterocycles. The maximum Gasteiger partial charge on any atom is 0.320 e. The number of hydrogen-bond donors (Lipinski definition) is 1. The van der Waals surface area contributed by atoms with E-state index in [2.05, 4.69) is 9.88 Å². The van der Waals surface area contributed by atoms with Crippen LogP contribution in [0.1, 0.15) is 31.2 Å². The van der Waals surface area contributed by atoms with E-state index in [1.165, 1.54) is 0 Å². The van der Waals surface area contributed by atoms with Gasteiger partial charge in [-0.1, -0.05) is 18.2 Å². The highest BCUT2D eigenvalue weighted by atomic mass is 16.2. The molecule has 3 atom stereocenters. The lowest BCUT2D eigenvalue weighted by Crippen LogP contribution is -2.63.